The molecule has 1 fully saturated rings. The summed E-state index contributed by atoms with van der Waals surface area (Å²) in [4.78, 5) is 12.3. The average molecular weight is 459 g/mol. The maximum Gasteiger partial charge on any atom is 0.492 e. The van der Waals surface area contributed by atoms with Crippen molar-refractivity contribution in [1.82, 2.24) is 5.32 Å². The van der Waals surface area contributed by atoms with E-state index in [9.17, 15) is 9.90 Å². The smallest absolute Gasteiger partial charge is 0.492 e. The summed E-state index contributed by atoms with van der Waals surface area (Å²) in [5.74, 6) is -0.116. The molecule has 0 atom stereocenters. The van der Waals surface area contributed by atoms with Crippen LogP contribution >= 0.6 is 11.6 Å². The highest BCUT2D eigenvalue weighted by Gasteiger charge is 2.52. The molecule has 0 spiro atoms. The molecule has 1 amide bonds. The van der Waals surface area contributed by atoms with Gasteiger partial charge in [-0.3, -0.25) is 0 Å². The number of nitrogen functional groups attached to an aromatic ring is 1. The standard InChI is InChI=1S/C23H28BClN2O5/c1-22(2)23(3,4)32-24(31-22)17(10-16-11-18(25)12-19(26)20(16)28)13-27-21(29)30-14-15-8-6-5-7-9-15/h5-12,28H,13-14,26H2,1-4H3,(H,27,29). The molecule has 7 nitrogen and oxygen atoms in total. The Bertz CT molecular complexity index is 995. The Morgan fingerprint density at radius 3 is 2.44 bits per heavy atom. The Morgan fingerprint density at radius 1 is 1.19 bits per heavy atom. The van der Waals surface area contributed by atoms with Crippen LogP contribution in [0.4, 0.5) is 10.5 Å². The van der Waals surface area contributed by atoms with Gasteiger partial charge in [0.25, 0.3) is 0 Å². The molecule has 0 aromatic heterocycles. The molecular formula is C23H28BClN2O5. The number of amides is 1. The van der Waals surface area contributed by atoms with Crippen LogP contribution in [-0.4, -0.2) is 36.1 Å². The first kappa shape index (κ1) is 24.0. The van der Waals surface area contributed by atoms with E-state index >= 15 is 0 Å². The molecule has 1 heterocycles. The molecule has 4 N–H and O–H groups in total. The zero-order valence-corrected chi connectivity index (χ0v) is 19.4. The third-order valence-corrected chi connectivity index (χ3v) is 5.90. The van der Waals surface area contributed by atoms with E-state index in [0.717, 1.165) is 5.56 Å². The summed E-state index contributed by atoms with van der Waals surface area (Å²) in [6, 6.07) is 12.4. The van der Waals surface area contributed by atoms with Crippen LogP contribution in [0.2, 0.25) is 5.02 Å². The molecular weight excluding hydrogens is 431 g/mol. The Kier molecular flexibility index (Phi) is 7.08. The zero-order chi connectivity index (χ0) is 23.5. The average Bonchev–Trinajstić information content (AvgIpc) is 2.94. The van der Waals surface area contributed by atoms with Gasteiger partial charge in [-0.25, -0.2) is 4.79 Å². The summed E-state index contributed by atoms with van der Waals surface area (Å²) >= 11 is 6.11. The number of hydrogen-bond donors (Lipinski definition) is 3. The van der Waals surface area contributed by atoms with Gasteiger partial charge in [0.1, 0.15) is 12.4 Å². The van der Waals surface area contributed by atoms with Crippen molar-refractivity contribution in [2.24, 2.45) is 0 Å². The van der Waals surface area contributed by atoms with Crippen molar-refractivity contribution in [3.05, 3.63) is 64.1 Å². The van der Waals surface area contributed by atoms with Crippen LogP contribution in [0.1, 0.15) is 38.8 Å². The van der Waals surface area contributed by atoms with Crippen LogP contribution in [0.3, 0.4) is 0 Å². The minimum atomic E-state index is -0.756. The molecule has 0 saturated carbocycles. The van der Waals surface area contributed by atoms with E-state index in [0.29, 0.717) is 16.1 Å². The number of anilines is 1. The monoisotopic (exact) mass is 458 g/mol. The number of halogens is 1. The van der Waals surface area contributed by atoms with E-state index < -0.39 is 24.4 Å². The fourth-order valence-corrected chi connectivity index (χ4v) is 3.33. The SMILES string of the molecule is CC1(C)OB(C(=Cc2cc(Cl)cc(N)c2O)CNC(=O)OCc2ccccc2)OC1(C)C. The van der Waals surface area contributed by atoms with Crippen molar-refractivity contribution < 1.29 is 23.9 Å². The maximum absolute atomic E-state index is 12.3. The fourth-order valence-electron chi connectivity index (χ4n) is 3.10. The first-order valence-electron chi connectivity index (χ1n) is 10.3. The number of nitrogens with one attached hydrogen (secondary N) is 1. The highest BCUT2D eigenvalue weighted by atomic mass is 35.5. The number of nitrogens with two attached hydrogens (primary N) is 1. The molecule has 1 aliphatic heterocycles. The van der Waals surface area contributed by atoms with E-state index in [1.54, 1.807) is 12.1 Å². The van der Waals surface area contributed by atoms with Crippen molar-refractivity contribution in [3.8, 4) is 5.75 Å². The number of hydrogen-bond acceptors (Lipinski definition) is 6. The third kappa shape index (κ3) is 5.57. The molecule has 170 valence electrons. The van der Waals surface area contributed by atoms with E-state index in [1.807, 2.05) is 58.0 Å². The molecule has 3 rings (SSSR count). The van der Waals surface area contributed by atoms with Gasteiger partial charge in [0.2, 0.25) is 0 Å². The van der Waals surface area contributed by atoms with Gasteiger partial charge in [0.15, 0.2) is 0 Å². The molecule has 1 saturated heterocycles. The predicted octanol–water partition coefficient (Wildman–Crippen LogP) is 4.57. The van der Waals surface area contributed by atoms with Gasteiger partial charge >= 0.3 is 13.2 Å². The van der Waals surface area contributed by atoms with Crippen molar-refractivity contribution in [3.63, 3.8) is 0 Å². The van der Waals surface area contributed by atoms with Crippen LogP contribution in [0.15, 0.2) is 47.9 Å². The highest BCUT2D eigenvalue weighted by molar-refractivity contribution is 6.56. The lowest BCUT2D eigenvalue weighted by Crippen LogP contribution is -2.41. The number of ether oxygens (including phenoxy) is 1. The van der Waals surface area contributed by atoms with Crippen molar-refractivity contribution >= 4 is 36.6 Å². The summed E-state index contributed by atoms with van der Waals surface area (Å²) in [6.07, 6.45) is 1.06. The second-order valence-electron chi connectivity index (χ2n) is 8.66. The number of rotatable bonds is 6. The van der Waals surface area contributed by atoms with Gasteiger partial charge in [0, 0.05) is 17.1 Å². The summed E-state index contributed by atoms with van der Waals surface area (Å²) in [6.45, 7) is 7.94. The van der Waals surface area contributed by atoms with E-state index in [-0.39, 0.29) is 24.6 Å². The second-order valence-corrected chi connectivity index (χ2v) is 9.09. The van der Waals surface area contributed by atoms with Gasteiger partial charge in [-0.2, -0.15) is 0 Å². The highest BCUT2D eigenvalue weighted by Crippen LogP contribution is 2.39. The molecule has 2 aromatic carbocycles. The van der Waals surface area contributed by atoms with Crippen molar-refractivity contribution in [2.45, 2.75) is 45.5 Å². The molecule has 0 aliphatic carbocycles. The Balaban J connectivity index is 1.79. The zero-order valence-electron chi connectivity index (χ0n) is 18.6. The topological polar surface area (TPSA) is 103 Å². The predicted molar refractivity (Wildman–Crippen MR) is 126 cm³/mol. The normalized spacial score (nSPS) is 17.3. The molecule has 32 heavy (non-hydrogen) atoms. The minimum absolute atomic E-state index is 0.0658. The van der Waals surface area contributed by atoms with Gasteiger partial charge in [0.05, 0.1) is 16.9 Å². The van der Waals surface area contributed by atoms with E-state index in [1.165, 1.54) is 6.07 Å². The van der Waals surface area contributed by atoms with Crippen LogP contribution in [0.5, 0.6) is 5.75 Å². The summed E-state index contributed by atoms with van der Waals surface area (Å²) in [7, 11) is -0.756. The van der Waals surface area contributed by atoms with Gasteiger partial charge in [-0.1, -0.05) is 48.0 Å². The summed E-state index contributed by atoms with van der Waals surface area (Å²) in [5.41, 5.74) is 6.65. The molecule has 0 unspecified atom stereocenters. The van der Waals surface area contributed by atoms with Crippen LogP contribution in [0.25, 0.3) is 6.08 Å². The Morgan fingerprint density at radius 2 is 1.81 bits per heavy atom. The Labute approximate surface area is 193 Å². The first-order valence-corrected chi connectivity index (χ1v) is 10.6. The van der Waals surface area contributed by atoms with Crippen LogP contribution in [-0.2, 0) is 20.7 Å². The maximum atomic E-state index is 12.3. The van der Waals surface area contributed by atoms with Gasteiger partial charge < -0.3 is 30.2 Å². The van der Waals surface area contributed by atoms with Crippen molar-refractivity contribution in [2.75, 3.05) is 12.3 Å². The lowest BCUT2D eigenvalue weighted by atomic mass is 9.77. The molecule has 9 heteroatoms. The van der Waals surface area contributed by atoms with Gasteiger partial charge in [-0.05, 0) is 50.9 Å². The van der Waals surface area contributed by atoms with Crippen LogP contribution < -0.4 is 11.1 Å². The molecule has 2 aromatic rings. The number of alkyl carbamates (subject to hydrolysis) is 1. The summed E-state index contributed by atoms with van der Waals surface area (Å²) in [5, 5.41) is 13.5. The third-order valence-electron chi connectivity index (χ3n) is 5.68. The van der Waals surface area contributed by atoms with E-state index in [4.69, 9.17) is 31.4 Å². The fraction of sp³-hybridized carbons (Fsp3) is 0.348. The second kappa shape index (κ2) is 9.44. The first-order chi connectivity index (χ1) is 15.0. The quantitative estimate of drug-likeness (QED) is 0.333. The number of carbonyl (C=O) groups is 1. The van der Waals surface area contributed by atoms with Crippen LogP contribution in [0, 0.1) is 0 Å². The molecule has 1 aliphatic rings. The Hall–Kier alpha value is -2.68. The minimum Gasteiger partial charge on any atom is -0.505 e. The van der Waals surface area contributed by atoms with Crippen molar-refractivity contribution in [1.29, 1.82) is 0 Å². The molecule has 0 bridgehead atoms. The number of phenolic OH excluding ortho intramolecular Hbond substituents is 1. The number of carbonyl (C=O) groups excluding carboxylic acids is 1. The van der Waals surface area contributed by atoms with E-state index in [2.05, 4.69) is 5.32 Å². The molecule has 0 radical (unpaired) electrons. The number of aromatic hydroxyl groups is 1. The lowest BCUT2D eigenvalue weighted by Gasteiger charge is -2.32. The largest absolute Gasteiger partial charge is 0.505 e. The van der Waals surface area contributed by atoms with Gasteiger partial charge in [-0.15, -0.1) is 0 Å². The summed E-state index contributed by atoms with van der Waals surface area (Å²) < 4.78 is 17.5. The number of benzene rings is 2. The number of phenols is 1. The lowest BCUT2D eigenvalue weighted by molar-refractivity contribution is 0.00578.